The molecule has 0 fully saturated rings. The molecular weight excluding hydrogens is 418 g/mol. The summed E-state index contributed by atoms with van der Waals surface area (Å²) in [4.78, 5) is 24.7. The summed E-state index contributed by atoms with van der Waals surface area (Å²) >= 11 is 9.64. The Morgan fingerprint density at radius 2 is 1.77 bits per heavy atom. The lowest BCUT2D eigenvalue weighted by molar-refractivity contribution is 0.0636. The van der Waals surface area contributed by atoms with Gasteiger partial charge in [-0.3, -0.25) is 10.1 Å². The molecule has 0 aromatic heterocycles. The molecule has 4 nitrogen and oxygen atoms in total. The number of amides is 1. The van der Waals surface area contributed by atoms with Crippen LogP contribution in [0.5, 0.6) is 0 Å². The lowest BCUT2D eigenvalue weighted by Gasteiger charge is -2.20. The van der Waals surface area contributed by atoms with E-state index in [9.17, 15) is 9.59 Å². The molecule has 0 radical (unpaired) electrons. The summed E-state index contributed by atoms with van der Waals surface area (Å²) in [5, 5.41) is 2.85. The average Bonchev–Trinajstić information content (AvgIpc) is 2.55. The van der Waals surface area contributed by atoms with Crippen molar-refractivity contribution in [2.24, 2.45) is 0 Å². The molecule has 1 amide bonds. The van der Waals surface area contributed by atoms with Gasteiger partial charge < -0.3 is 4.74 Å². The maximum atomic E-state index is 12.7. The van der Waals surface area contributed by atoms with Crippen molar-refractivity contribution in [1.29, 1.82) is 0 Å². The molecule has 0 aliphatic rings. The molecule has 0 aliphatic heterocycles. The first kappa shape index (κ1) is 20.5. The summed E-state index contributed by atoms with van der Waals surface area (Å²) in [7, 11) is 0. The Morgan fingerprint density at radius 1 is 1.15 bits per heavy atom. The Bertz CT molecular complexity index is 826. The number of rotatable bonds is 4. The van der Waals surface area contributed by atoms with E-state index in [1.54, 1.807) is 39.0 Å². The molecule has 0 bridgehead atoms. The second-order valence-electron chi connectivity index (χ2n) is 6.82. The second kappa shape index (κ2) is 8.23. The van der Waals surface area contributed by atoms with E-state index in [4.69, 9.17) is 16.3 Å². The fourth-order valence-electron chi connectivity index (χ4n) is 2.28. The van der Waals surface area contributed by atoms with Crippen molar-refractivity contribution in [2.45, 2.75) is 39.7 Å². The summed E-state index contributed by atoms with van der Waals surface area (Å²) in [6.45, 7) is 7.38. The largest absolute Gasteiger partial charge is 0.444 e. The van der Waals surface area contributed by atoms with Gasteiger partial charge in [-0.1, -0.05) is 42.8 Å². The molecule has 0 atom stereocenters. The molecule has 2 rings (SSSR count). The molecule has 0 unspecified atom stereocenters. The van der Waals surface area contributed by atoms with Crippen molar-refractivity contribution in [3.05, 3.63) is 62.6 Å². The summed E-state index contributed by atoms with van der Waals surface area (Å²) in [5.74, 6) is -0.148. The first-order valence-electron chi connectivity index (χ1n) is 8.23. The van der Waals surface area contributed by atoms with Crippen LogP contribution in [-0.2, 0) is 11.2 Å². The van der Waals surface area contributed by atoms with E-state index in [0.29, 0.717) is 21.3 Å². The van der Waals surface area contributed by atoms with Crippen molar-refractivity contribution in [1.82, 2.24) is 0 Å². The molecule has 26 heavy (non-hydrogen) atoms. The van der Waals surface area contributed by atoms with Crippen LogP contribution in [0.2, 0.25) is 5.02 Å². The second-order valence-corrected chi connectivity index (χ2v) is 8.08. The minimum Gasteiger partial charge on any atom is -0.444 e. The first-order valence-corrected chi connectivity index (χ1v) is 9.40. The molecule has 0 spiro atoms. The van der Waals surface area contributed by atoms with Gasteiger partial charge in [-0.05, 0) is 60.8 Å². The molecule has 6 heteroatoms. The predicted octanol–water partition coefficient (Wildman–Crippen LogP) is 6.24. The number of ketones is 1. The number of benzene rings is 2. The smallest absolute Gasteiger partial charge is 0.412 e. The Balaban J connectivity index is 2.25. The van der Waals surface area contributed by atoms with Crippen LogP contribution >= 0.6 is 27.5 Å². The van der Waals surface area contributed by atoms with Crippen LogP contribution in [0.1, 0.15) is 49.2 Å². The van der Waals surface area contributed by atoms with E-state index in [2.05, 4.69) is 28.2 Å². The van der Waals surface area contributed by atoms with Gasteiger partial charge in [0.15, 0.2) is 5.78 Å². The third kappa shape index (κ3) is 5.32. The number of aryl methyl sites for hydroxylation is 1. The summed E-state index contributed by atoms with van der Waals surface area (Å²) in [5.41, 5.74) is 1.91. The van der Waals surface area contributed by atoms with Gasteiger partial charge in [-0.25, -0.2) is 4.79 Å². The highest BCUT2D eigenvalue weighted by atomic mass is 79.9. The fraction of sp³-hybridized carbons (Fsp3) is 0.300. The van der Waals surface area contributed by atoms with Crippen LogP contribution in [0.25, 0.3) is 0 Å². The number of ether oxygens (including phenoxy) is 1. The zero-order chi connectivity index (χ0) is 19.5. The number of anilines is 1. The van der Waals surface area contributed by atoms with Crippen LogP contribution in [0.4, 0.5) is 10.5 Å². The molecule has 0 heterocycles. The highest BCUT2D eigenvalue weighted by Crippen LogP contribution is 2.31. The minimum atomic E-state index is -0.617. The highest BCUT2D eigenvalue weighted by Gasteiger charge is 2.19. The van der Waals surface area contributed by atoms with Crippen LogP contribution < -0.4 is 5.32 Å². The van der Waals surface area contributed by atoms with E-state index in [-0.39, 0.29) is 10.8 Å². The third-order valence-electron chi connectivity index (χ3n) is 3.56. The Labute approximate surface area is 167 Å². The monoisotopic (exact) mass is 437 g/mol. The maximum absolute atomic E-state index is 12.7. The number of halogens is 2. The highest BCUT2D eigenvalue weighted by molar-refractivity contribution is 9.10. The van der Waals surface area contributed by atoms with E-state index in [1.165, 1.54) is 6.07 Å². The Hall–Kier alpha value is -1.85. The number of carbonyl (C=O) groups is 2. The average molecular weight is 439 g/mol. The number of hydrogen-bond acceptors (Lipinski definition) is 3. The summed E-state index contributed by atoms with van der Waals surface area (Å²) in [6, 6.07) is 10.6. The van der Waals surface area contributed by atoms with Gasteiger partial charge in [0, 0.05) is 15.6 Å². The molecule has 2 aromatic rings. The van der Waals surface area contributed by atoms with Crippen LogP contribution in [0.15, 0.2) is 40.9 Å². The lowest BCUT2D eigenvalue weighted by atomic mass is 10.0. The zero-order valence-electron chi connectivity index (χ0n) is 15.2. The van der Waals surface area contributed by atoms with Crippen molar-refractivity contribution < 1.29 is 14.3 Å². The first-order chi connectivity index (χ1) is 12.1. The van der Waals surface area contributed by atoms with Gasteiger partial charge in [-0.2, -0.15) is 0 Å². The number of hydrogen-bond donors (Lipinski definition) is 1. The Morgan fingerprint density at radius 3 is 2.31 bits per heavy atom. The van der Waals surface area contributed by atoms with E-state index < -0.39 is 11.7 Å². The van der Waals surface area contributed by atoms with Crippen molar-refractivity contribution in [3.8, 4) is 0 Å². The quantitative estimate of drug-likeness (QED) is 0.575. The van der Waals surface area contributed by atoms with Crippen molar-refractivity contribution in [3.63, 3.8) is 0 Å². The standard InChI is InChI=1S/C20H21BrClNO3/c1-5-12-6-8-13(9-7-12)18(24)14-10-16(22)17(11-15(14)21)23-19(25)26-20(2,3)4/h6-11H,5H2,1-4H3,(H,23,25). The summed E-state index contributed by atoms with van der Waals surface area (Å²) in [6.07, 6.45) is 0.301. The molecule has 0 saturated heterocycles. The lowest BCUT2D eigenvalue weighted by Crippen LogP contribution is -2.27. The minimum absolute atomic E-state index is 0.148. The zero-order valence-corrected chi connectivity index (χ0v) is 17.5. The van der Waals surface area contributed by atoms with Gasteiger partial charge in [0.1, 0.15) is 5.60 Å². The molecule has 0 saturated carbocycles. The number of nitrogens with one attached hydrogen (secondary N) is 1. The molecular formula is C20H21BrClNO3. The molecule has 138 valence electrons. The Kier molecular flexibility index (Phi) is 6.48. The SMILES string of the molecule is CCc1ccc(C(=O)c2cc(Cl)c(NC(=O)OC(C)(C)C)cc2Br)cc1. The molecule has 1 N–H and O–H groups in total. The van der Waals surface area contributed by atoms with Gasteiger partial charge >= 0.3 is 6.09 Å². The van der Waals surface area contributed by atoms with Gasteiger partial charge in [0.05, 0.1) is 10.7 Å². The predicted molar refractivity (Wildman–Crippen MR) is 108 cm³/mol. The maximum Gasteiger partial charge on any atom is 0.412 e. The topological polar surface area (TPSA) is 55.4 Å². The normalized spacial score (nSPS) is 11.2. The summed E-state index contributed by atoms with van der Waals surface area (Å²) < 4.78 is 5.75. The van der Waals surface area contributed by atoms with Crippen LogP contribution in [0.3, 0.4) is 0 Å². The van der Waals surface area contributed by atoms with E-state index >= 15 is 0 Å². The third-order valence-corrected chi connectivity index (χ3v) is 4.53. The van der Waals surface area contributed by atoms with Gasteiger partial charge in [0.25, 0.3) is 0 Å². The van der Waals surface area contributed by atoms with Gasteiger partial charge in [0.2, 0.25) is 0 Å². The van der Waals surface area contributed by atoms with Crippen LogP contribution in [0, 0.1) is 0 Å². The number of carbonyl (C=O) groups excluding carboxylic acids is 2. The van der Waals surface area contributed by atoms with E-state index in [1.807, 2.05) is 12.1 Å². The fourth-order valence-corrected chi connectivity index (χ4v) is 3.01. The molecule has 2 aromatic carbocycles. The van der Waals surface area contributed by atoms with Crippen molar-refractivity contribution >= 4 is 45.1 Å². The van der Waals surface area contributed by atoms with E-state index in [0.717, 1.165) is 12.0 Å². The van der Waals surface area contributed by atoms with Crippen molar-refractivity contribution in [2.75, 3.05) is 5.32 Å². The molecule has 0 aliphatic carbocycles. The van der Waals surface area contributed by atoms with Crippen LogP contribution in [-0.4, -0.2) is 17.5 Å². The van der Waals surface area contributed by atoms with Gasteiger partial charge in [-0.15, -0.1) is 0 Å².